The number of carbonyl (C=O) groups excluding carboxylic acids is 1. The number of nitrogens with zero attached hydrogens (tertiary/aromatic N) is 2. The summed E-state index contributed by atoms with van der Waals surface area (Å²) in [5, 5.41) is 0.679. The number of carbonyl (C=O) groups is 1. The van der Waals surface area contributed by atoms with Crippen LogP contribution in [0.25, 0.3) is 11.0 Å². The molecule has 5 heteroatoms. The van der Waals surface area contributed by atoms with Crippen LogP contribution in [0.3, 0.4) is 0 Å². The fraction of sp³-hybridized carbons (Fsp3) is 0.300. The van der Waals surface area contributed by atoms with Gasteiger partial charge in [0, 0.05) is 12.2 Å². The van der Waals surface area contributed by atoms with Gasteiger partial charge in [0.1, 0.15) is 0 Å². The molecule has 25 heavy (non-hydrogen) atoms. The SMILES string of the molecule is CCC(Sc1nc2ccccc2[nH]1)C(=O)N1CCCc2ccccc21. The molecule has 0 saturated carbocycles. The number of anilines is 1. The summed E-state index contributed by atoms with van der Waals surface area (Å²) in [4.78, 5) is 23.1. The quantitative estimate of drug-likeness (QED) is 0.708. The van der Waals surface area contributed by atoms with E-state index in [0.29, 0.717) is 0 Å². The van der Waals surface area contributed by atoms with Crippen molar-refractivity contribution in [2.24, 2.45) is 0 Å². The molecule has 0 aliphatic carbocycles. The molecule has 3 aromatic rings. The van der Waals surface area contributed by atoms with Gasteiger partial charge in [-0.3, -0.25) is 4.79 Å². The molecule has 4 rings (SSSR count). The van der Waals surface area contributed by atoms with E-state index >= 15 is 0 Å². The number of aromatic amines is 1. The van der Waals surface area contributed by atoms with E-state index in [0.717, 1.165) is 47.7 Å². The number of rotatable bonds is 4. The first-order valence-corrected chi connectivity index (χ1v) is 9.65. The Morgan fingerprint density at radius 1 is 1.24 bits per heavy atom. The second kappa shape index (κ2) is 6.92. The highest BCUT2D eigenvalue weighted by atomic mass is 32.2. The van der Waals surface area contributed by atoms with Crippen LogP contribution < -0.4 is 4.90 Å². The summed E-state index contributed by atoms with van der Waals surface area (Å²) in [5.74, 6) is 0.181. The van der Waals surface area contributed by atoms with Crippen LogP contribution in [0, 0.1) is 0 Å². The molecule has 1 N–H and O–H groups in total. The lowest BCUT2D eigenvalue weighted by Crippen LogP contribution is -2.40. The molecule has 4 nitrogen and oxygen atoms in total. The summed E-state index contributed by atoms with van der Waals surface area (Å²) in [6, 6.07) is 16.2. The van der Waals surface area contributed by atoms with Crippen molar-refractivity contribution in [3.63, 3.8) is 0 Å². The predicted octanol–water partition coefficient (Wildman–Crippen LogP) is 4.41. The van der Waals surface area contributed by atoms with E-state index in [1.54, 1.807) is 0 Å². The maximum Gasteiger partial charge on any atom is 0.240 e. The number of fused-ring (bicyclic) bond motifs is 2. The van der Waals surface area contributed by atoms with E-state index in [-0.39, 0.29) is 11.2 Å². The first-order chi connectivity index (χ1) is 12.3. The van der Waals surface area contributed by atoms with Crippen molar-refractivity contribution in [3.8, 4) is 0 Å². The molecule has 1 atom stereocenters. The second-order valence-corrected chi connectivity index (χ2v) is 7.49. The molecule has 0 spiro atoms. The summed E-state index contributed by atoms with van der Waals surface area (Å²) in [6.45, 7) is 2.86. The van der Waals surface area contributed by atoms with Gasteiger partial charge in [0.05, 0.1) is 16.3 Å². The van der Waals surface area contributed by atoms with Gasteiger partial charge in [-0.05, 0) is 43.0 Å². The maximum atomic E-state index is 13.2. The zero-order chi connectivity index (χ0) is 17.2. The molecule has 1 unspecified atom stereocenters. The van der Waals surface area contributed by atoms with Gasteiger partial charge in [0.15, 0.2) is 5.16 Å². The Morgan fingerprint density at radius 3 is 2.88 bits per heavy atom. The molecular weight excluding hydrogens is 330 g/mol. The van der Waals surface area contributed by atoms with E-state index in [2.05, 4.69) is 29.0 Å². The minimum Gasteiger partial charge on any atom is -0.333 e. The van der Waals surface area contributed by atoms with Gasteiger partial charge in [-0.1, -0.05) is 49.0 Å². The van der Waals surface area contributed by atoms with Crippen molar-refractivity contribution < 1.29 is 4.79 Å². The molecule has 0 fully saturated rings. The molecule has 2 heterocycles. The molecule has 0 bridgehead atoms. The molecule has 1 amide bonds. The van der Waals surface area contributed by atoms with Gasteiger partial charge >= 0.3 is 0 Å². The molecule has 1 aliphatic heterocycles. The smallest absolute Gasteiger partial charge is 0.240 e. The van der Waals surface area contributed by atoms with Crippen LogP contribution >= 0.6 is 11.8 Å². The molecule has 1 aliphatic rings. The molecule has 1 aromatic heterocycles. The predicted molar refractivity (Wildman–Crippen MR) is 103 cm³/mol. The van der Waals surface area contributed by atoms with Gasteiger partial charge in [0.25, 0.3) is 0 Å². The Bertz CT molecular complexity index is 872. The lowest BCUT2D eigenvalue weighted by molar-refractivity contribution is -0.118. The minimum atomic E-state index is -0.133. The number of hydrogen-bond acceptors (Lipinski definition) is 3. The lowest BCUT2D eigenvalue weighted by Gasteiger charge is -2.31. The molecule has 0 radical (unpaired) electrons. The fourth-order valence-electron chi connectivity index (χ4n) is 3.36. The first kappa shape index (κ1) is 16.2. The van der Waals surface area contributed by atoms with Crippen molar-refractivity contribution in [1.82, 2.24) is 9.97 Å². The second-order valence-electron chi connectivity index (χ2n) is 6.30. The average Bonchev–Trinajstić information content (AvgIpc) is 3.07. The Morgan fingerprint density at radius 2 is 2.04 bits per heavy atom. The van der Waals surface area contributed by atoms with Crippen LogP contribution in [0.4, 0.5) is 5.69 Å². The molecular formula is C20H21N3OS. The van der Waals surface area contributed by atoms with Crippen molar-refractivity contribution in [2.75, 3.05) is 11.4 Å². The topological polar surface area (TPSA) is 49.0 Å². The van der Waals surface area contributed by atoms with E-state index in [4.69, 9.17) is 0 Å². The number of aryl methyl sites for hydroxylation is 1. The fourth-order valence-corrected chi connectivity index (χ4v) is 4.35. The molecule has 128 valence electrons. The number of amides is 1. The molecule has 0 saturated heterocycles. The lowest BCUT2D eigenvalue weighted by atomic mass is 10.0. The molecule has 2 aromatic carbocycles. The van der Waals surface area contributed by atoms with Gasteiger partial charge in [-0.15, -0.1) is 0 Å². The zero-order valence-electron chi connectivity index (χ0n) is 14.2. The first-order valence-electron chi connectivity index (χ1n) is 8.77. The van der Waals surface area contributed by atoms with Crippen LogP contribution in [0.5, 0.6) is 0 Å². The van der Waals surface area contributed by atoms with Gasteiger partial charge in [0.2, 0.25) is 5.91 Å². The van der Waals surface area contributed by atoms with Crippen LogP contribution in [0.15, 0.2) is 53.7 Å². The third kappa shape index (κ3) is 3.16. The minimum absolute atomic E-state index is 0.133. The number of hydrogen-bond donors (Lipinski definition) is 1. The normalized spacial score (nSPS) is 15.2. The summed E-state index contributed by atoms with van der Waals surface area (Å²) in [5.41, 5.74) is 4.29. The van der Waals surface area contributed by atoms with Gasteiger partial charge in [-0.25, -0.2) is 4.98 Å². The van der Waals surface area contributed by atoms with Crippen LogP contribution in [-0.4, -0.2) is 27.7 Å². The largest absolute Gasteiger partial charge is 0.333 e. The summed E-state index contributed by atoms with van der Waals surface area (Å²) < 4.78 is 0. The zero-order valence-corrected chi connectivity index (χ0v) is 15.1. The number of nitrogens with one attached hydrogen (secondary N) is 1. The van der Waals surface area contributed by atoms with Crippen LogP contribution in [0.2, 0.25) is 0 Å². The Hall–Kier alpha value is -2.27. The third-order valence-corrected chi connectivity index (χ3v) is 5.88. The number of para-hydroxylation sites is 3. The van der Waals surface area contributed by atoms with E-state index in [1.807, 2.05) is 41.3 Å². The van der Waals surface area contributed by atoms with Gasteiger partial charge < -0.3 is 9.88 Å². The highest BCUT2D eigenvalue weighted by Crippen LogP contribution is 2.32. The Kier molecular flexibility index (Phi) is 4.49. The highest BCUT2D eigenvalue weighted by molar-refractivity contribution is 8.00. The number of H-pyrrole nitrogens is 1. The van der Waals surface area contributed by atoms with Crippen molar-refractivity contribution >= 4 is 34.4 Å². The number of imidazole rings is 1. The Labute approximate surface area is 151 Å². The van der Waals surface area contributed by atoms with Crippen molar-refractivity contribution in [2.45, 2.75) is 36.6 Å². The van der Waals surface area contributed by atoms with Crippen molar-refractivity contribution in [1.29, 1.82) is 0 Å². The number of thioether (sulfide) groups is 1. The standard InChI is InChI=1S/C20H21N3OS/c1-2-18(25-20-21-15-10-4-5-11-16(15)22-20)19(24)23-13-7-9-14-8-3-6-12-17(14)23/h3-6,8,10-12,18H,2,7,9,13H2,1H3,(H,21,22). The van der Waals surface area contributed by atoms with E-state index < -0.39 is 0 Å². The van der Waals surface area contributed by atoms with Crippen molar-refractivity contribution in [3.05, 3.63) is 54.1 Å². The monoisotopic (exact) mass is 351 g/mol. The highest BCUT2D eigenvalue weighted by Gasteiger charge is 2.29. The summed E-state index contributed by atoms with van der Waals surface area (Å²) in [7, 11) is 0. The summed E-state index contributed by atoms with van der Waals surface area (Å²) in [6.07, 6.45) is 2.85. The Balaban J connectivity index is 1.57. The maximum absolute atomic E-state index is 13.2. The van der Waals surface area contributed by atoms with Gasteiger partial charge in [-0.2, -0.15) is 0 Å². The van der Waals surface area contributed by atoms with Crippen LogP contribution in [-0.2, 0) is 11.2 Å². The number of aromatic nitrogens is 2. The number of benzene rings is 2. The average molecular weight is 351 g/mol. The van der Waals surface area contributed by atoms with E-state index in [1.165, 1.54) is 17.3 Å². The summed E-state index contributed by atoms with van der Waals surface area (Å²) >= 11 is 1.53. The third-order valence-electron chi connectivity index (χ3n) is 4.64. The van der Waals surface area contributed by atoms with Crippen LogP contribution in [0.1, 0.15) is 25.3 Å². The van der Waals surface area contributed by atoms with E-state index in [9.17, 15) is 4.79 Å².